The number of piperidine rings is 1. The zero-order valence-corrected chi connectivity index (χ0v) is 15.3. The molecule has 2 heterocycles. The van der Waals surface area contributed by atoms with Crippen LogP contribution < -0.4 is 10.1 Å². The van der Waals surface area contributed by atoms with E-state index in [2.05, 4.69) is 10.3 Å². The Bertz CT molecular complexity index is 701. The van der Waals surface area contributed by atoms with Crippen LogP contribution >= 0.6 is 0 Å². The van der Waals surface area contributed by atoms with Gasteiger partial charge in [-0.3, -0.25) is 4.79 Å². The molecule has 25 heavy (non-hydrogen) atoms. The minimum atomic E-state index is -3.24. The number of pyridine rings is 1. The summed E-state index contributed by atoms with van der Waals surface area (Å²) in [5.74, 6) is 0.890. The molecule has 1 saturated heterocycles. The number of hydrogen-bond donors (Lipinski definition) is 1. The topological polar surface area (TPSA) is 88.6 Å². The van der Waals surface area contributed by atoms with Crippen LogP contribution in [0.1, 0.15) is 31.2 Å². The zero-order valence-electron chi connectivity index (χ0n) is 14.5. The van der Waals surface area contributed by atoms with Gasteiger partial charge >= 0.3 is 0 Å². The van der Waals surface area contributed by atoms with E-state index in [9.17, 15) is 13.2 Å². The molecule has 138 valence electrons. The Hall–Kier alpha value is -1.67. The van der Waals surface area contributed by atoms with Crippen LogP contribution in [-0.4, -0.2) is 49.6 Å². The molecule has 1 saturated carbocycles. The average Bonchev–Trinajstić information content (AvgIpc) is 3.42. The van der Waals surface area contributed by atoms with E-state index >= 15 is 0 Å². The molecule has 8 heteroatoms. The van der Waals surface area contributed by atoms with Gasteiger partial charge in [0.1, 0.15) is 0 Å². The van der Waals surface area contributed by atoms with E-state index in [-0.39, 0.29) is 18.4 Å². The molecule has 2 fully saturated rings. The zero-order chi connectivity index (χ0) is 17.9. The van der Waals surface area contributed by atoms with E-state index in [0.717, 1.165) is 12.2 Å². The molecule has 1 amide bonds. The predicted octanol–water partition coefficient (Wildman–Crippen LogP) is 1.16. The lowest BCUT2D eigenvalue weighted by Crippen LogP contribution is -2.44. The molecule has 0 radical (unpaired) electrons. The van der Waals surface area contributed by atoms with E-state index < -0.39 is 10.0 Å². The molecule has 0 unspecified atom stereocenters. The lowest BCUT2D eigenvalue weighted by Gasteiger charge is -2.30. The lowest BCUT2D eigenvalue weighted by molar-refractivity contribution is -0.126. The van der Waals surface area contributed by atoms with E-state index in [1.807, 2.05) is 12.1 Å². The van der Waals surface area contributed by atoms with Crippen molar-refractivity contribution < 1.29 is 17.9 Å². The number of aromatic nitrogens is 1. The van der Waals surface area contributed by atoms with Crippen LogP contribution in [0.25, 0.3) is 0 Å². The summed E-state index contributed by atoms with van der Waals surface area (Å²) in [6.07, 6.45) is 6.78. The number of nitrogens with zero attached hydrogens (tertiary/aromatic N) is 2. The van der Waals surface area contributed by atoms with Crippen molar-refractivity contribution in [3.8, 4) is 5.88 Å². The highest BCUT2D eigenvalue weighted by Gasteiger charge is 2.30. The van der Waals surface area contributed by atoms with Gasteiger partial charge in [0.05, 0.1) is 18.8 Å². The largest absolute Gasteiger partial charge is 0.477 e. The molecule has 1 atom stereocenters. The van der Waals surface area contributed by atoms with Crippen molar-refractivity contribution in [1.82, 2.24) is 14.6 Å². The fourth-order valence-electron chi connectivity index (χ4n) is 2.88. The molecule has 0 spiro atoms. The number of carbonyl (C=O) groups is 1. The fourth-order valence-corrected chi connectivity index (χ4v) is 3.79. The van der Waals surface area contributed by atoms with Crippen LogP contribution in [0.15, 0.2) is 18.3 Å². The van der Waals surface area contributed by atoms with Crippen molar-refractivity contribution in [2.75, 3.05) is 26.0 Å². The first-order chi connectivity index (χ1) is 11.9. The molecule has 3 rings (SSSR count). The molecule has 2 aliphatic rings. The minimum Gasteiger partial charge on any atom is -0.477 e. The summed E-state index contributed by atoms with van der Waals surface area (Å²) in [6.45, 7) is 1.86. The molecule has 1 N–H and O–H groups in total. The van der Waals surface area contributed by atoms with Crippen molar-refractivity contribution in [3.63, 3.8) is 0 Å². The van der Waals surface area contributed by atoms with Crippen molar-refractivity contribution in [2.45, 2.75) is 32.2 Å². The molecule has 1 aliphatic heterocycles. The fraction of sp³-hybridized carbons (Fsp3) is 0.647. The molecule has 7 nitrogen and oxygen atoms in total. The molecule has 1 aromatic rings. The molecular formula is C17H25N3O4S. The number of amides is 1. The summed E-state index contributed by atoms with van der Waals surface area (Å²) >= 11 is 0. The number of rotatable bonds is 7. The molecule has 1 aliphatic carbocycles. The second-order valence-corrected chi connectivity index (χ2v) is 8.92. The van der Waals surface area contributed by atoms with Crippen LogP contribution in [0, 0.1) is 11.8 Å². The smallest absolute Gasteiger partial charge is 0.224 e. The Labute approximate surface area is 148 Å². The second-order valence-electron chi connectivity index (χ2n) is 6.94. The van der Waals surface area contributed by atoms with Gasteiger partial charge in [0.25, 0.3) is 0 Å². The van der Waals surface area contributed by atoms with Gasteiger partial charge in [0, 0.05) is 31.9 Å². The Kier molecular flexibility index (Phi) is 5.58. The summed E-state index contributed by atoms with van der Waals surface area (Å²) in [4.78, 5) is 16.6. The summed E-state index contributed by atoms with van der Waals surface area (Å²) in [5.41, 5.74) is 0.892. The Morgan fingerprint density at radius 2 is 2.16 bits per heavy atom. The molecule has 0 aromatic carbocycles. The maximum absolute atomic E-state index is 12.3. The van der Waals surface area contributed by atoms with E-state index in [1.165, 1.54) is 23.4 Å². The number of sulfonamides is 1. The average molecular weight is 367 g/mol. The standard InChI is InChI=1S/C17H25N3O4S/c1-25(22,23)20-8-2-3-15(11-20)17(21)19-10-14-6-7-16(18-9-14)24-12-13-4-5-13/h6-7,9,13,15H,2-5,8,10-12H2,1H3,(H,19,21)/t15-/m1/s1. The molecule has 0 bridgehead atoms. The first-order valence-electron chi connectivity index (χ1n) is 8.72. The van der Waals surface area contributed by atoms with E-state index in [1.54, 1.807) is 6.20 Å². The number of ether oxygens (including phenoxy) is 1. The van der Waals surface area contributed by atoms with Crippen LogP contribution in [-0.2, 0) is 21.4 Å². The summed E-state index contributed by atoms with van der Waals surface area (Å²) in [7, 11) is -3.24. The Morgan fingerprint density at radius 1 is 1.36 bits per heavy atom. The van der Waals surface area contributed by atoms with Gasteiger partial charge in [-0.2, -0.15) is 0 Å². The summed E-state index contributed by atoms with van der Waals surface area (Å²) in [6, 6.07) is 3.70. The first-order valence-corrected chi connectivity index (χ1v) is 10.6. The monoisotopic (exact) mass is 367 g/mol. The highest BCUT2D eigenvalue weighted by atomic mass is 32.2. The second kappa shape index (κ2) is 7.70. The van der Waals surface area contributed by atoms with E-state index in [4.69, 9.17) is 4.74 Å². The van der Waals surface area contributed by atoms with Gasteiger partial charge in [0.15, 0.2) is 0 Å². The van der Waals surface area contributed by atoms with Crippen molar-refractivity contribution >= 4 is 15.9 Å². The number of hydrogen-bond acceptors (Lipinski definition) is 5. The predicted molar refractivity (Wildman–Crippen MR) is 93.4 cm³/mol. The summed E-state index contributed by atoms with van der Waals surface area (Å²) in [5, 5.41) is 2.88. The first kappa shape index (κ1) is 18.1. The van der Waals surface area contributed by atoms with Crippen molar-refractivity contribution in [1.29, 1.82) is 0 Å². The third-order valence-corrected chi connectivity index (χ3v) is 5.92. The SMILES string of the molecule is CS(=O)(=O)N1CCC[C@@H](C(=O)NCc2ccc(OCC3CC3)nc2)C1. The third kappa shape index (κ3) is 5.40. The van der Waals surface area contributed by atoms with Crippen LogP contribution in [0.5, 0.6) is 5.88 Å². The minimum absolute atomic E-state index is 0.109. The third-order valence-electron chi connectivity index (χ3n) is 4.65. The van der Waals surface area contributed by atoms with Crippen molar-refractivity contribution in [2.24, 2.45) is 11.8 Å². The lowest BCUT2D eigenvalue weighted by atomic mass is 9.99. The Balaban J connectivity index is 1.46. The van der Waals surface area contributed by atoms with Crippen molar-refractivity contribution in [3.05, 3.63) is 23.9 Å². The number of carbonyl (C=O) groups excluding carboxylic acids is 1. The maximum Gasteiger partial charge on any atom is 0.224 e. The highest BCUT2D eigenvalue weighted by molar-refractivity contribution is 7.88. The molecule has 1 aromatic heterocycles. The Morgan fingerprint density at radius 3 is 2.80 bits per heavy atom. The maximum atomic E-state index is 12.3. The quantitative estimate of drug-likeness (QED) is 0.781. The van der Waals surface area contributed by atoms with Crippen LogP contribution in [0.4, 0.5) is 0 Å². The number of nitrogens with one attached hydrogen (secondary N) is 1. The molecular weight excluding hydrogens is 342 g/mol. The van der Waals surface area contributed by atoms with Gasteiger partial charge in [-0.1, -0.05) is 6.07 Å². The normalized spacial score (nSPS) is 21.7. The highest BCUT2D eigenvalue weighted by Crippen LogP contribution is 2.29. The van der Waals surface area contributed by atoms with E-state index in [0.29, 0.717) is 37.7 Å². The van der Waals surface area contributed by atoms with Gasteiger partial charge in [-0.15, -0.1) is 0 Å². The van der Waals surface area contributed by atoms with Gasteiger partial charge in [-0.05, 0) is 37.2 Å². The van der Waals surface area contributed by atoms with Gasteiger partial charge < -0.3 is 10.1 Å². The van der Waals surface area contributed by atoms with Crippen LogP contribution in [0.2, 0.25) is 0 Å². The summed E-state index contributed by atoms with van der Waals surface area (Å²) < 4.78 is 30.2. The van der Waals surface area contributed by atoms with Gasteiger partial charge in [-0.25, -0.2) is 17.7 Å². The van der Waals surface area contributed by atoms with Gasteiger partial charge in [0.2, 0.25) is 21.8 Å². The van der Waals surface area contributed by atoms with Crippen LogP contribution in [0.3, 0.4) is 0 Å².